The van der Waals surface area contributed by atoms with Crippen molar-refractivity contribution in [2.24, 2.45) is 0 Å². The molecule has 134 valence electrons. The first-order valence-corrected chi connectivity index (χ1v) is 9.70. The average molecular weight is 363 g/mol. The van der Waals surface area contributed by atoms with Crippen LogP contribution in [0.5, 0.6) is 0 Å². The van der Waals surface area contributed by atoms with Crippen LogP contribution < -0.4 is 4.90 Å². The van der Waals surface area contributed by atoms with Crippen LogP contribution in [-0.2, 0) is 16.4 Å². The topological polar surface area (TPSA) is 83.7 Å². The van der Waals surface area contributed by atoms with Crippen LogP contribution >= 0.6 is 0 Å². The number of carbonyl (C=O) groups excluding carboxylic acids is 1. The van der Waals surface area contributed by atoms with E-state index in [9.17, 15) is 13.2 Å². The Kier molecular flexibility index (Phi) is 4.66. The Bertz CT molecular complexity index is 900. The zero-order valence-electron chi connectivity index (χ0n) is 14.5. The molecule has 0 spiro atoms. The highest BCUT2D eigenvalue weighted by molar-refractivity contribution is 7.89. The van der Waals surface area contributed by atoms with Crippen molar-refractivity contribution >= 4 is 21.6 Å². The molecule has 0 bridgehead atoms. The maximum absolute atomic E-state index is 12.7. The fourth-order valence-electron chi connectivity index (χ4n) is 3.07. The summed E-state index contributed by atoms with van der Waals surface area (Å²) in [5, 5.41) is 3.77. The lowest BCUT2D eigenvalue weighted by Gasteiger charge is -2.20. The van der Waals surface area contributed by atoms with Crippen molar-refractivity contribution in [3.63, 3.8) is 0 Å². The standard InChI is InChI=1S/C17H21N3O4S/c1-4-19(5-2)25(22,23)14-6-7-16-13(11-14)8-9-20(16)17(21)15-10-12(3)24-18-15/h6-7,10-11H,4-5,8-9H2,1-3H3. The molecule has 1 aromatic carbocycles. The first kappa shape index (κ1) is 17.6. The van der Waals surface area contributed by atoms with Gasteiger partial charge in [0.1, 0.15) is 5.76 Å². The number of amides is 1. The monoisotopic (exact) mass is 363 g/mol. The van der Waals surface area contributed by atoms with Crippen LogP contribution in [-0.4, -0.2) is 43.4 Å². The zero-order valence-corrected chi connectivity index (χ0v) is 15.3. The van der Waals surface area contributed by atoms with E-state index in [2.05, 4.69) is 5.16 Å². The van der Waals surface area contributed by atoms with E-state index in [4.69, 9.17) is 4.52 Å². The van der Waals surface area contributed by atoms with E-state index in [0.29, 0.717) is 31.8 Å². The number of hydrogen-bond donors (Lipinski definition) is 0. The fraction of sp³-hybridized carbons (Fsp3) is 0.412. The van der Waals surface area contributed by atoms with E-state index in [1.165, 1.54) is 4.31 Å². The second-order valence-electron chi connectivity index (χ2n) is 5.91. The number of benzene rings is 1. The molecule has 7 nitrogen and oxygen atoms in total. The van der Waals surface area contributed by atoms with Gasteiger partial charge in [0.2, 0.25) is 10.0 Å². The van der Waals surface area contributed by atoms with Gasteiger partial charge >= 0.3 is 0 Å². The molecule has 0 fully saturated rings. The van der Waals surface area contributed by atoms with Crippen molar-refractivity contribution in [2.45, 2.75) is 32.1 Å². The van der Waals surface area contributed by atoms with E-state index in [-0.39, 0.29) is 16.5 Å². The number of rotatable bonds is 5. The number of aromatic nitrogens is 1. The van der Waals surface area contributed by atoms with Gasteiger partial charge in [0, 0.05) is 31.4 Å². The number of sulfonamides is 1. The van der Waals surface area contributed by atoms with E-state index < -0.39 is 10.0 Å². The van der Waals surface area contributed by atoms with Crippen LogP contribution in [0.15, 0.2) is 33.7 Å². The van der Waals surface area contributed by atoms with Crippen molar-refractivity contribution in [1.29, 1.82) is 0 Å². The number of anilines is 1. The van der Waals surface area contributed by atoms with E-state index >= 15 is 0 Å². The maximum Gasteiger partial charge on any atom is 0.280 e. The van der Waals surface area contributed by atoms with Crippen molar-refractivity contribution in [3.8, 4) is 0 Å². The molecule has 25 heavy (non-hydrogen) atoms. The molecule has 2 heterocycles. The fourth-order valence-corrected chi connectivity index (χ4v) is 4.58. The van der Waals surface area contributed by atoms with Crippen LogP contribution in [0.25, 0.3) is 0 Å². The molecule has 0 aliphatic carbocycles. The predicted octanol–water partition coefficient (Wildman–Crippen LogP) is 2.22. The third-order valence-corrected chi connectivity index (χ3v) is 6.43. The van der Waals surface area contributed by atoms with Gasteiger partial charge in [-0.1, -0.05) is 19.0 Å². The molecule has 1 aliphatic rings. The van der Waals surface area contributed by atoms with Gasteiger partial charge in [-0.25, -0.2) is 8.42 Å². The Morgan fingerprint density at radius 3 is 2.60 bits per heavy atom. The molecule has 0 atom stereocenters. The molecule has 1 aliphatic heterocycles. The number of nitrogens with zero attached hydrogens (tertiary/aromatic N) is 3. The summed E-state index contributed by atoms with van der Waals surface area (Å²) in [6, 6.07) is 6.53. The highest BCUT2D eigenvalue weighted by Crippen LogP contribution is 2.32. The first-order chi connectivity index (χ1) is 11.9. The van der Waals surface area contributed by atoms with Crippen molar-refractivity contribution in [2.75, 3.05) is 24.5 Å². The SMILES string of the molecule is CCN(CC)S(=O)(=O)c1ccc2c(c1)CCN2C(=O)c1cc(C)on1. The van der Waals surface area contributed by atoms with Gasteiger partial charge in [-0.05, 0) is 37.1 Å². The largest absolute Gasteiger partial charge is 0.361 e. The average Bonchev–Trinajstić information content (AvgIpc) is 3.20. The number of fused-ring (bicyclic) bond motifs is 1. The second kappa shape index (κ2) is 6.61. The quantitative estimate of drug-likeness (QED) is 0.813. The minimum atomic E-state index is -3.51. The summed E-state index contributed by atoms with van der Waals surface area (Å²) in [5.74, 6) is 0.332. The molecule has 1 amide bonds. The van der Waals surface area contributed by atoms with Crippen LogP contribution in [0.3, 0.4) is 0 Å². The summed E-state index contributed by atoms with van der Waals surface area (Å²) in [7, 11) is -3.51. The van der Waals surface area contributed by atoms with Gasteiger partial charge in [0.25, 0.3) is 5.91 Å². The van der Waals surface area contributed by atoms with E-state index in [1.54, 1.807) is 36.1 Å². The van der Waals surface area contributed by atoms with Crippen molar-refractivity contribution < 1.29 is 17.7 Å². The van der Waals surface area contributed by atoms with E-state index in [1.807, 2.05) is 13.8 Å². The highest BCUT2D eigenvalue weighted by atomic mass is 32.2. The van der Waals surface area contributed by atoms with Gasteiger partial charge in [-0.3, -0.25) is 4.79 Å². The summed E-state index contributed by atoms with van der Waals surface area (Å²) in [5.41, 5.74) is 1.83. The number of hydrogen-bond acceptors (Lipinski definition) is 5. The number of aryl methyl sites for hydroxylation is 1. The van der Waals surface area contributed by atoms with Gasteiger partial charge in [0.05, 0.1) is 4.90 Å². The Morgan fingerprint density at radius 2 is 2.00 bits per heavy atom. The van der Waals surface area contributed by atoms with E-state index in [0.717, 1.165) is 11.3 Å². The van der Waals surface area contributed by atoms with Crippen LogP contribution in [0.4, 0.5) is 5.69 Å². The maximum atomic E-state index is 12.7. The lowest BCUT2D eigenvalue weighted by atomic mass is 10.2. The Hall–Kier alpha value is -2.19. The highest BCUT2D eigenvalue weighted by Gasteiger charge is 2.30. The Balaban J connectivity index is 1.92. The predicted molar refractivity (Wildman–Crippen MR) is 93.2 cm³/mol. The van der Waals surface area contributed by atoms with Crippen molar-refractivity contribution in [3.05, 3.63) is 41.3 Å². The molecule has 0 radical (unpaired) electrons. The summed E-state index contributed by atoms with van der Waals surface area (Å²) in [6.45, 7) is 6.70. The molecular weight excluding hydrogens is 342 g/mol. The van der Waals surface area contributed by atoms with Gasteiger partial charge in [0.15, 0.2) is 5.69 Å². The summed E-state index contributed by atoms with van der Waals surface area (Å²) in [4.78, 5) is 14.5. The van der Waals surface area contributed by atoms with Crippen molar-refractivity contribution in [1.82, 2.24) is 9.46 Å². The molecule has 0 N–H and O–H groups in total. The molecule has 2 aromatic rings. The third-order valence-electron chi connectivity index (χ3n) is 4.38. The minimum Gasteiger partial charge on any atom is -0.361 e. The molecular formula is C17H21N3O4S. The minimum absolute atomic E-state index is 0.241. The molecule has 0 saturated carbocycles. The Labute approximate surface area is 147 Å². The molecule has 1 aromatic heterocycles. The normalized spacial score (nSPS) is 14.2. The lowest BCUT2D eigenvalue weighted by molar-refractivity contribution is 0.0980. The second-order valence-corrected chi connectivity index (χ2v) is 7.85. The summed E-state index contributed by atoms with van der Waals surface area (Å²) in [6.07, 6.45) is 0.611. The molecule has 0 saturated heterocycles. The third kappa shape index (κ3) is 3.07. The van der Waals surface area contributed by atoms with Crippen LogP contribution in [0, 0.1) is 6.92 Å². The van der Waals surface area contributed by atoms with Gasteiger partial charge < -0.3 is 9.42 Å². The van der Waals surface area contributed by atoms with Gasteiger partial charge in [-0.15, -0.1) is 0 Å². The first-order valence-electron chi connectivity index (χ1n) is 8.26. The lowest BCUT2D eigenvalue weighted by Crippen LogP contribution is -2.31. The smallest absolute Gasteiger partial charge is 0.280 e. The summed E-state index contributed by atoms with van der Waals surface area (Å²) >= 11 is 0. The molecule has 3 rings (SSSR count). The Morgan fingerprint density at radius 1 is 1.28 bits per heavy atom. The number of carbonyl (C=O) groups is 1. The van der Waals surface area contributed by atoms with Crippen LogP contribution in [0.2, 0.25) is 0 Å². The van der Waals surface area contributed by atoms with Crippen LogP contribution in [0.1, 0.15) is 35.7 Å². The summed E-state index contributed by atoms with van der Waals surface area (Å²) < 4.78 is 31.7. The zero-order chi connectivity index (χ0) is 18.2. The molecule has 8 heteroatoms. The molecule has 0 unspecified atom stereocenters. The van der Waals surface area contributed by atoms with Gasteiger partial charge in [-0.2, -0.15) is 4.31 Å².